The Hall–Kier alpha value is -0.540. The van der Waals surface area contributed by atoms with Crippen LogP contribution >= 0.6 is 0 Å². The van der Waals surface area contributed by atoms with E-state index >= 15 is 0 Å². The second-order valence-corrected chi connectivity index (χ2v) is 2.90. The summed E-state index contributed by atoms with van der Waals surface area (Å²) in [5.74, 6) is 0. The lowest BCUT2D eigenvalue weighted by atomic mass is 10.1. The summed E-state index contributed by atoms with van der Waals surface area (Å²) < 4.78 is 5.27. The molecule has 1 unspecified atom stereocenters. The molecule has 3 nitrogen and oxygen atoms in total. The Balaban J connectivity index is 2.22. The van der Waals surface area contributed by atoms with Crippen LogP contribution in [0.3, 0.4) is 0 Å². The van der Waals surface area contributed by atoms with Gasteiger partial charge < -0.3 is 10.2 Å². The van der Waals surface area contributed by atoms with Crippen LogP contribution in [0.25, 0.3) is 0 Å². The lowest BCUT2D eigenvalue weighted by Crippen LogP contribution is -2.35. The molecule has 1 N–H and O–H groups in total. The Labute approximate surface area is 60.6 Å². The molecule has 2 aliphatic heterocycles. The van der Waals surface area contributed by atoms with E-state index in [0.29, 0.717) is 6.04 Å². The van der Waals surface area contributed by atoms with Crippen LogP contribution in [0.5, 0.6) is 0 Å². The van der Waals surface area contributed by atoms with Crippen molar-refractivity contribution in [3.63, 3.8) is 0 Å². The Kier molecular flexibility index (Phi) is 1.22. The van der Waals surface area contributed by atoms with Gasteiger partial charge in [0.1, 0.15) is 0 Å². The van der Waals surface area contributed by atoms with Crippen LogP contribution in [0.1, 0.15) is 6.92 Å². The average Bonchev–Trinajstić information content (AvgIpc) is 2.41. The van der Waals surface area contributed by atoms with Gasteiger partial charge in [-0.05, 0) is 12.5 Å². The second kappa shape index (κ2) is 1.97. The number of rotatable bonds is 0. The van der Waals surface area contributed by atoms with Gasteiger partial charge in [0.25, 0.3) is 0 Å². The number of hydrogen-bond acceptors (Lipinski definition) is 3. The van der Waals surface area contributed by atoms with Gasteiger partial charge in [0.15, 0.2) is 0 Å². The van der Waals surface area contributed by atoms with Crippen molar-refractivity contribution in [1.82, 2.24) is 10.4 Å². The van der Waals surface area contributed by atoms with E-state index in [9.17, 15) is 0 Å². The summed E-state index contributed by atoms with van der Waals surface area (Å²) in [4.78, 5) is 0. The van der Waals surface area contributed by atoms with E-state index in [2.05, 4.69) is 24.4 Å². The molecule has 0 aliphatic carbocycles. The fourth-order valence-electron chi connectivity index (χ4n) is 1.46. The highest BCUT2D eigenvalue weighted by atomic mass is 16.5. The van der Waals surface area contributed by atoms with Crippen molar-refractivity contribution in [3.05, 3.63) is 11.3 Å². The molecule has 2 rings (SSSR count). The monoisotopic (exact) mass is 140 g/mol. The molecule has 0 radical (unpaired) electrons. The highest BCUT2D eigenvalue weighted by Gasteiger charge is 2.29. The van der Waals surface area contributed by atoms with Crippen molar-refractivity contribution in [1.29, 1.82) is 0 Å². The molecule has 0 bridgehead atoms. The Morgan fingerprint density at radius 2 is 2.40 bits per heavy atom. The van der Waals surface area contributed by atoms with Gasteiger partial charge in [-0.15, -0.1) is 0 Å². The molecular formula is C7H12N2O. The minimum atomic E-state index is 0.512. The fraction of sp³-hybridized carbons (Fsp3) is 0.714. The van der Waals surface area contributed by atoms with Crippen LogP contribution in [0.15, 0.2) is 11.3 Å². The standard InChI is InChI=1S/C7H12N2O/c1-5-6-3-10-4-7(6)8-9(5)2/h5,8H,3-4H2,1-2H3. The lowest BCUT2D eigenvalue weighted by Gasteiger charge is -2.18. The molecule has 2 aliphatic rings. The summed E-state index contributed by atoms with van der Waals surface area (Å²) in [5, 5.41) is 2.12. The summed E-state index contributed by atoms with van der Waals surface area (Å²) in [6.45, 7) is 3.77. The maximum Gasteiger partial charge on any atom is 0.0881 e. The van der Waals surface area contributed by atoms with E-state index in [4.69, 9.17) is 4.74 Å². The van der Waals surface area contributed by atoms with Gasteiger partial charge in [-0.25, -0.2) is 5.01 Å². The maximum absolute atomic E-state index is 5.27. The zero-order chi connectivity index (χ0) is 7.14. The van der Waals surface area contributed by atoms with E-state index in [1.807, 2.05) is 0 Å². The lowest BCUT2D eigenvalue weighted by molar-refractivity contribution is 0.155. The summed E-state index contributed by atoms with van der Waals surface area (Å²) in [6.07, 6.45) is 0. The maximum atomic E-state index is 5.27. The Morgan fingerprint density at radius 1 is 1.60 bits per heavy atom. The molecule has 0 aromatic heterocycles. The number of likely N-dealkylation sites (N-methyl/N-ethyl adjacent to an activating group) is 1. The van der Waals surface area contributed by atoms with Crippen LogP contribution < -0.4 is 5.43 Å². The number of nitrogens with one attached hydrogen (secondary N) is 1. The molecular weight excluding hydrogens is 128 g/mol. The minimum Gasteiger partial charge on any atom is -0.371 e. The quantitative estimate of drug-likeness (QED) is 0.517. The van der Waals surface area contributed by atoms with Crippen LogP contribution in [0.2, 0.25) is 0 Å². The van der Waals surface area contributed by atoms with Crippen LogP contribution in [0.4, 0.5) is 0 Å². The predicted octanol–water partition coefficient (Wildman–Crippen LogP) is 0.109. The number of nitrogens with zero attached hydrogens (tertiary/aromatic N) is 1. The van der Waals surface area contributed by atoms with Gasteiger partial charge in [0.05, 0.1) is 25.0 Å². The van der Waals surface area contributed by atoms with Gasteiger partial charge in [-0.1, -0.05) is 0 Å². The molecule has 3 heteroatoms. The smallest absolute Gasteiger partial charge is 0.0881 e. The predicted molar refractivity (Wildman–Crippen MR) is 38.2 cm³/mol. The van der Waals surface area contributed by atoms with E-state index in [0.717, 1.165) is 13.2 Å². The van der Waals surface area contributed by atoms with E-state index < -0.39 is 0 Å². The normalized spacial score (nSPS) is 32.8. The second-order valence-electron chi connectivity index (χ2n) is 2.90. The third-order valence-electron chi connectivity index (χ3n) is 2.29. The van der Waals surface area contributed by atoms with Crippen molar-refractivity contribution >= 4 is 0 Å². The van der Waals surface area contributed by atoms with Crippen molar-refractivity contribution in [3.8, 4) is 0 Å². The largest absolute Gasteiger partial charge is 0.371 e. The molecule has 56 valence electrons. The molecule has 2 heterocycles. The molecule has 0 amide bonds. The number of ether oxygens (including phenoxy) is 1. The first-order valence-corrected chi connectivity index (χ1v) is 3.58. The van der Waals surface area contributed by atoms with Crippen LogP contribution in [-0.4, -0.2) is 31.3 Å². The van der Waals surface area contributed by atoms with Crippen molar-refractivity contribution in [2.45, 2.75) is 13.0 Å². The van der Waals surface area contributed by atoms with Gasteiger partial charge in [0.2, 0.25) is 0 Å². The molecule has 1 atom stereocenters. The number of hydrogen-bond donors (Lipinski definition) is 1. The molecule has 0 saturated carbocycles. The first kappa shape index (κ1) is 6.19. The highest BCUT2D eigenvalue weighted by molar-refractivity contribution is 5.26. The van der Waals surface area contributed by atoms with Crippen molar-refractivity contribution < 1.29 is 4.74 Å². The van der Waals surface area contributed by atoms with Gasteiger partial charge in [0, 0.05) is 7.05 Å². The average molecular weight is 140 g/mol. The van der Waals surface area contributed by atoms with Crippen molar-refractivity contribution in [2.24, 2.45) is 0 Å². The summed E-state index contributed by atoms with van der Waals surface area (Å²) in [7, 11) is 2.06. The van der Waals surface area contributed by atoms with E-state index in [1.165, 1.54) is 11.3 Å². The summed E-state index contributed by atoms with van der Waals surface area (Å²) in [5.41, 5.74) is 5.95. The van der Waals surface area contributed by atoms with E-state index in [1.54, 1.807) is 0 Å². The number of hydrazine groups is 1. The first-order valence-electron chi connectivity index (χ1n) is 3.58. The highest BCUT2D eigenvalue weighted by Crippen LogP contribution is 2.23. The Morgan fingerprint density at radius 3 is 3.10 bits per heavy atom. The third kappa shape index (κ3) is 0.676. The third-order valence-corrected chi connectivity index (χ3v) is 2.29. The van der Waals surface area contributed by atoms with Crippen LogP contribution in [0, 0.1) is 0 Å². The molecule has 10 heavy (non-hydrogen) atoms. The molecule has 0 aromatic rings. The first-order chi connectivity index (χ1) is 4.79. The van der Waals surface area contributed by atoms with Crippen molar-refractivity contribution in [2.75, 3.05) is 20.3 Å². The summed E-state index contributed by atoms with van der Waals surface area (Å²) in [6, 6.07) is 0.512. The van der Waals surface area contributed by atoms with Gasteiger partial charge in [-0.3, -0.25) is 0 Å². The molecule has 0 saturated heterocycles. The molecule has 0 spiro atoms. The zero-order valence-corrected chi connectivity index (χ0v) is 6.35. The minimum absolute atomic E-state index is 0.512. The SMILES string of the molecule is CC1C2=C(COC2)NN1C. The Bertz CT molecular complexity index is 188. The topological polar surface area (TPSA) is 24.5 Å². The fourth-order valence-corrected chi connectivity index (χ4v) is 1.46. The van der Waals surface area contributed by atoms with E-state index in [-0.39, 0.29) is 0 Å². The molecule has 0 aromatic carbocycles. The van der Waals surface area contributed by atoms with Gasteiger partial charge >= 0.3 is 0 Å². The zero-order valence-electron chi connectivity index (χ0n) is 6.35. The van der Waals surface area contributed by atoms with Crippen LogP contribution in [-0.2, 0) is 4.74 Å². The van der Waals surface area contributed by atoms with Gasteiger partial charge in [-0.2, -0.15) is 0 Å². The summed E-state index contributed by atoms with van der Waals surface area (Å²) >= 11 is 0. The molecule has 0 fully saturated rings.